The van der Waals surface area contributed by atoms with E-state index in [1.807, 2.05) is 17.9 Å². The molecule has 0 spiro atoms. The Kier molecular flexibility index (Phi) is 4.77. The summed E-state index contributed by atoms with van der Waals surface area (Å²) in [5, 5.41) is 2.72. The molecule has 4 heteroatoms. The average Bonchev–Trinajstić information content (AvgIpc) is 2.93. The highest BCUT2D eigenvalue weighted by atomic mass is 16.2. The number of carbonyl (C=O) groups excluding carboxylic acids is 2. The highest BCUT2D eigenvalue weighted by molar-refractivity contribution is 5.97. The van der Waals surface area contributed by atoms with Gasteiger partial charge in [0.1, 0.15) is 0 Å². The van der Waals surface area contributed by atoms with Gasteiger partial charge in [-0.2, -0.15) is 0 Å². The standard InChI is InChI=1S/C16H22N2O2/c1-3-18(15-9-4-5-10-15)16(20)13-7-6-8-14(11-13)17-12(2)19/h6-8,11,15H,3-5,9-10H2,1-2H3,(H,17,19). The minimum absolute atomic E-state index is 0.0617. The Bertz CT molecular complexity index is 493. The van der Waals surface area contributed by atoms with Crippen molar-refractivity contribution >= 4 is 17.5 Å². The lowest BCUT2D eigenvalue weighted by molar-refractivity contribution is -0.114. The van der Waals surface area contributed by atoms with Gasteiger partial charge in [-0.15, -0.1) is 0 Å². The van der Waals surface area contributed by atoms with E-state index in [2.05, 4.69) is 5.32 Å². The number of benzene rings is 1. The third kappa shape index (κ3) is 3.38. The zero-order valence-corrected chi connectivity index (χ0v) is 12.2. The summed E-state index contributed by atoms with van der Waals surface area (Å²) >= 11 is 0. The molecule has 1 fully saturated rings. The van der Waals surface area contributed by atoms with Crippen molar-refractivity contribution < 1.29 is 9.59 Å². The maximum absolute atomic E-state index is 12.6. The van der Waals surface area contributed by atoms with Gasteiger partial charge in [0, 0.05) is 30.8 Å². The highest BCUT2D eigenvalue weighted by Gasteiger charge is 2.26. The predicted molar refractivity (Wildman–Crippen MR) is 79.7 cm³/mol. The number of carbonyl (C=O) groups is 2. The number of hydrogen-bond acceptors (Lipinski definition) is 2. The lowest BCUT2D eigenvalue weighted by Crippen LogP contribution is -2.38. The first-order valence-corrected chi connectivity index (χ1v) is 7.30. The van der Waals surface area contributed by atoms with Crippen molar-refractivity contribution in [1.29, 1.82) is 0 Å². The molecule has 0 bridgehead atoms. The van der Waals surface area contributed by atoms with Crippen LogP contribution < -0.4 is 5.32 Å². The van der Waals surface area contributed by atoms with Crippen LogP contribution in [0.3, 0.4) is 0 Å². The smallest absolute Gasteiger partial charge is 0.254 e. The van der Waals surface area contributed by atoms with E-state index in [1.165, 1.54) is 19.8 Å². The second kappa shape index (κ2) is 6.55. The number of hydrogen-bond donors (Lipinski definition) is 1. The van der Waals surface area contributed by atoms with Gasteiger partial charge in [-0.25, -0.2) is 0 Å². The van der Waals surface area contributed by atoms with Gasteiger partial charge < -0.3 is 10.2 Å². The van der Waals surface area contributed by atoms with Crippen LogP contribution in [0.1, 0.15) is 49.9 Å². The fraction of sp³-hybridized carbons (Fsp3) is 0.500. The van der Waals surface area contributed by atoms with E-state index in [-0.39, 0.29) is 11.8 Å². The fourth-order valence-electron chi connectivity index (χ4n) is 2.88. The number of nitrogens with one attached hydrogen (secondary N) is 1. The summed E-state index contributed by atoms with van der Waals surface area (Å²) in [6.07, 6.45) is 4.62. The molecular weight excluding hydrogens is 252 g/mol. The van der Waals surface area contributed by atoms with Gasteiger partial charge in [0.2, 0.25) is 5.91 Å². The van der Waals surface area contributed by atoms with Crippen molar-refractivity contribution in [3.8, 4) is 0 Å². The van der Waals surface area contributed by atoms with Crippen LogP contribution in [0.15, 0.2) is 24.3 Å². The Morgan fingerprint density at radius 1 is 1.30 bits per heavy atom. The number of anilines is 1. The molecule has 0 unspecified atom stereocenters. The van der Waals surface area contributed by atoms with Crippen molar-refractivity contribution in [1.82, 2.24) is 4.90 Å². The van der Waals surface area contributed by atoms with E-state index in [1.54, 1.807) is 18.2 Å². The quantitative estimate of drug-likeness (QED) is 0.917. The Hall–Kier alpha value is -1.84. The first-order valence-electron chi connectivity index (χ1n) is 7.30. The van der Waals surface area contributed by atoms with E-state index < -0.39 is 0 Å². The van der Waals surface area contributed by atoms with E-state index in [4.69, 9.17) is 0 Å². The zero-order chi connectivity index (χ0) is 14.5. The topological polar surface area (TPSA) is 49.4 Å². The van der Waals surface area contributed by atoms with Crippen LogP contribution in [0.25, 0.3) is 0 Å². The zero-order valence-electron chi connectivity index (χ0n) is 12.2. The van der Waals surface area contributed by atoms with Crippen molar-refractivity contribution in [2.75, 3.05) is 11.9 Å². The molecular formula is C16H22N2O2. The number of nitrogens with zero attached hydrogens (tertiary/aromatic N) is 1. The summed E-state index contributed by atoms with van der Waals surface area (Å²) in [6.45, 7) is 4.22. The summed E-state index contributed by atoms with van der Waals surface area (Å²) < 4.78 is 0. The SMILES string of the molecule is CCN(C(=O)c1cccc(NC(C)=O)c1)C1CCCC1. The van der Waals surface area contributed by atoms with Crippen LogP contribution in [0.2, 0.25) is 0 Å². The lowest BCUT2D eigenvalue weighted by atomic mass is 10.1. The summed E-state index contributed by atoms with van der Waals surface area (Å²) in [5.74, 6) is -0.0654. The van der Waals surface area contributed by atoms with Crippen LogP contribution >= 0.6 is 0 Å². The first kappa shape index (κ1) is 14.6. The molecule has 0 radical (unpaired) electrons. The second-order valence-electron chi connectivity index (χ2n) is 5.29. The molecule has 0 heterocycles. The Balaban J connectivity index is 2.16. The molecule has 0 atom stereocenters. The van der Waals surface area contributed by atoms with Gasteiger partial charge in [0.05, 0.1) is 0 Å². The van der Waals surface area contributed by atoms with Gasteiger partial charge >= 0.3 is 0 Å². The molecule has 4 nitrogen and oxygen atoms in total. The third-order valence-corrected chi connectivity index (χ3v) is 3.80. The molecule has 0 aromatic heterocycles. The first-order chi connectivity index (χ1) is 9.61. The van der Waals surface area contributed by atoms with Crippen LogP contribution in [0, 0.1) is 0 Å². The molecule has 1 aliphatic rings. The number of amides is 2. The van der Waals surface area contributed by atoms with Gasteiger partial charge in [-0.05, 0) is 38.0 Å². The molecule has 0 aliphatic heterocycles. The van der Waals surface area contributed by atoms with Crippen LogP contribution in [0.5, 0.6) is 0 Å². The maximum Gasteiger partial charge on any atom is 0.254 e. The average molecular weight is 274 g/mol. The Labute approximate surface area is 120 Å². The maximum atomic E-state index is 12.6. The normalized spacial score (nSPS) is 15.1. The molecule has 1 aliphatic carbocycles. The summed E-state index contributed by atoms with van der Waals surface area (Å²) in [4.78, 5) is 25.7. The molecule has 20 heavy (non-hydrogen) atoms. The Morgan fingerprint density at radius 3 is 2.60 bits per heavy atom. The highest BCUT2D eigenvalue weighted by Crippen LogP contribution is 2.25. The van der Waals surface area contributed by atoms with Crippen molar-refractivity contribution in [2.45, 2.75) is 45.6 Å². The van der Waals surface area contributed by atoms with Crippen LogP contribution in [0.4, 0.5) is 5.69 Å². The summed E-state index contributed by atoms with van der Waals surface area (Å²) in [5.41, 5.74) is 1.32. The molecule has 2 rings (SSSR count). The fourth-order valence-corrected chi connectivity index (χ4v) is 2.88. The van der Waals surface area contributed by atoms with Crippen molar-refractivity contribution in [2.24, 2.45) is 0 Å². The van der Waals surface area contributed by atoms with Crippen molar-refractivity contribution in [3.63, 3.8) is 0 Å². The van der Waals surface area contributed by atoms with Gasteiger partial charge in [0.25, 0.3) is 5.91 Å². The largest absolute Gasteiger partial charge is 0.336 e. The minimum atomic E-state index is -0.127. The molecule has 1 N–H and O–H groups in total. The molecule has 1 aromatic rings. The molecule has 2 amide bonds. The third-order valence-electron chi connectivity index (χ3n) is 3.80. The second-order valence-corrected chi connectivity index (χ2v) is 5.29. The van der Waals surface area contributed by atoms with Gasteiger partial charge in [-0.1, -0.05) is 18.9 Å². The summed E-state index contributed by atoms with van der Waals surface area (Å²) in [6, 6.07) is 7.54. The van der Waals surface area contributed by atoms with Gasteiger partial charge in [0.15, 0.2) is 0 Å². The van der Waals surface area contributed by atoms with Crippen LogP contribution in [-0.4, -0.2) is 29.3 Å². The lowest BCUT2D eigenvalue weighted by Gasteiger charge is -2.27. The summed E-state index contributed by atoms with van der Waals surface area (Å²) in [7, 11) is 0. The Morgan fingerprint density at radius 2 is 2.00 bits per heavy atom. The predicted octanol–water partition coefficient (Wildman–Crippen LogP) is 3.05. The van der Waals surface area contributed by atoms with Gasteiger partial charge in [-0.3, -0.25) is 9.59 Å². The van der Waals surface area contributed by atoms with E-state index in [0.717, 1.165) is 19.4 Å². The number of rotatable bonds is 4. The molecule has 1 aromatic carbocycles. The minimum Gasteiger partial charge on any atom is -0.336 e. The molecule has 108 valence electrons. The van der Waals surface area contributed by atoms with Crippen LogP contribution in [-0.2, 0) is 4.79 Å². The van der Waals surface area contributed by atoms with E-state index in [0.29, 0.717) is 17.3 Å². The molecule has 1 saturated carbocycles. The van der Waals surface area contributed by atoms with E-state index in [9.17, 15) is 9.59 Å². The van der Waals surface area contributed by atoms with E-state index >= 15 is 0 Å². The monoisotopic (exact) mass is 274 g/mol. The van der Waals surface area contributed by atoms with Crippen molar-refractivity contribution in [3.05, 3.63) is 29.8 Å². The molecule has 0 saturated heterocycles.